The Kier molecular flexibility index (Phi) is 6.52. The zero-order valence-electron chi connectivity index (χ0n) is 12.9. The number of hydrogen-bond acceptors (Lipinski definition) is 3. The van der Waals surface area contributed by atoms with Gasteiger partial charge in [0.15, 0.2) is 0 Å². The fourth-order valence-corrected chi connectivity index (χ4v) is 3.17. The highest BCUT2D eigenvalue weighted by molar-refractivity contribution is 5.85. The van der Waals surface area contributed by atoms with Crippen LogP contribution in [0.5, 0.6) is 5.75 Å². The molecule has 2 aliphatic rings. The number of carbonyl (C=O) groups is 1. The molecule has 0 radical (unpaired) electrons. The van der Waals surface area contributed by atoms with Crippen molar-refractivity contribution in [2.75, 3.05) is 19.6 Å². The van der Waals surface area contributed by atoms with Crippen molar-refractivity contribution < 1.29 is 9.53 Å². The van der Waals surface area contributed by atoms with Crippen molar-refractivity contribution in [1.82, 2.24) is 10.2 Å². The summed E-state index contributed by atoms with van der Waals surface area (Å²) in [5.74, 6) is 1.21. The van der Waals surface area contributed by atoms with Crippen molar-refractivity contribution in [3.8, 4) is 5.75 Å². The molecule has 3 rings (SSSR count). The molecule has 0 saturated carbocycles. The van der Waals surface area contributed by atoms with E-state index in [1.807, 2.05) is 35.2 Å². The molecule has 2 saturated heterocycles. The van der Waals surface area contributed by atoms with Crippen molar-refractivity contribution in [2.45, 2.75) is 44.2 Å². The smallest absolute Gasteiger partial charge is 0.239 e. The molecule has 1 aromatic carbocycles. The number of nitrogens with zero attached hydrogens (tertiary/aromatic N) is 1. The van der Waals surface area contributed by atoms with Crippen LogP contribution in [0.15, 0.2) is 30.3 Å². The zero-order chi connectivity index (χ0) is 14.5. The molecule has 5 heteroatoms. The van der Waals surface area contributed by atoms with Gasteiger partial charge in [-0.2, -0.15) is 0 Å². The van der Waals surface area contributed by atoms with E-state index in [2.05, 4.69) is 5.32 Å². The lowest BCUT2D eigenvalue weighted by Crippen LogP contribution is -2.51. The van der Waals surface area contributed by atoms with Crippen molar-refractivity contribution >= 4 is 18.3 Å². The van der Waals surface area contributed by atoms with Gasteiger partial charge in [-0.3, -0.25) is 4.79 Å². The number of rotatable bonds is 3. The zero-order valence-corrected chi connectivity index (χ0v) is 13.7. The normalized spacial score (nSPS) is 22.7. The highest BCUT2D eigenvalue weighted by Crippen LogP contribution is 2.20. The Balaban J connectivity index is 0.00000176. The number of carbonyl (C=O) groups excluding carboxylic acids is 1. The Bertz CT molecular complexity index is 455. The first kappa shape index (κ1) is 17.1. The van der Waals surface area contributed by atoms with Gasteiger partial charge in [0.2, 0.25) is 5.91 Å². The number of hydrogen-bond donors (Lipinski definition) is 1. The van der Waals surface area contributed by atoms with Crippen LogP contribution in [0.2, 0.25) is 0 Å². The fourth-order valence-electron chi connectivity index (χ4n) is 3.17. The van der Waals surface area contributed by atoms with Crippen LogP contribution in [0.3, 0.4) is 0 Å². The molecule has 4 nitrogen and oxygen atoms in total. The Morgan fingerprint density at radius 2 is 1.82 bits per heavy atom. The minimum atomic E-state index is 0. The third-order valence-corrected chi connectivity index (χ3v) is 4.41. The van der Waals surface area contributed by atoms with Gasteiger partial charge in [-0.25, -0.2) is 0 Å². The van der Waals surface area contributed by atoms with E-state index in [1.165, 1.54) is 6.42 Å². The van der Waals surface area contributed by atoms with Gasteiger partial charge in [0.1, 0.15) is 11.9 Å². The number of amides is 1. The quantitative estimate of drug-likeness (QED) is 0.929. The van der Waals surface area contributed by atoms with Crippen LogP contribution in [0.1, 0.15) is 32.1 Å². The number of para-hydroxylation sites is 1. The van der Waals surface area contributed by atoms with E-state index in [0.29, 0.717) is 0 Å². The van der Waals surface area contributed by atoms with Gasteiger partial charge in [-0.05, 0) is 31.5 Å². The van der Waals surface area contributed by atoms with Gasteiger partial charge in [-0.15, -0.1) is 12.4 Å². The van der Waals surface area contributed by atoms with Gasteiger partial charge >= 0.3 is 0 Å². The van der Waals surface area contributed by atoms with Crippen molar-refractivity contribution in [1.29, 1.82) is 0 Å². The highest BCUT2D eigenvalue weighted by Gasteiger charge is 2.29. The molecule has 1 amide bonds. The number of benzene rings is 1. The summed E-state index contributed by atoms with van der Waals surface area (Å²) >= 11 is 0. The van der Waals surface area contributed by atoms with Crippen molar-refractivity contribution in [3.05, 3.63) is 30.3 Å². The maximum atomic E-state index is 12.4. The molecule has 1 aromatic rings. The summed E-state index contributed by atoms with van der Waals surface area (Å²) in [6.07, 6.45) is 5.42. The van der Waals surface area contributed by atoms with E-state index in [-0.39, 0.29) is 30.5 Å². The molecule has 1 N–H and O–H groups in total. The second kappa shape index (κ2) is 8.39. The molecule has 0 spiro atoms. The molecular weight excluding hydrogens is 300 g/mol. The summed E-state index contributed by atoms with van der Waals surface area (Å²) in [5, 5.41) is 3.34. The summed E-state index contributed by atoms with van der Waals surface area (Å²) < 4.78 is 5.98. The molecule has 0 aromatic heterocycles. The van der Waals surface area contributed by atoms with E-state index < -0.39 is 0 Å². The van der Waals surface area contributed by atoms with Gasteiger partial charge in [0.05, 0.1) is 6.04 Å². The summed E-state index contributed by atoms with van der Waals surface area (Å²) in [4.78, 5) is 14.4. The van der Waals surface area contributed by atoms with Crippen LogP contribution in [0.25, 0.3) is 0 Å². The maximum absolute atomic E-state index is 12.4. The predicted molar refractivity (Wildman–Crippen MR) is 89.6 cm³/mol. The average Bonchev–Trinajstić information content (AvgIpc) is 2.57. The summed E-state index contributed by atoms with van der Waals surface area (Å²) in [6.45, 7) is 2.60. The first-order valence-corrected chi connectivity index (χ1v) is 8.07. The second-order valence-corrected chi connectivity index (χ2v) is 5.96. The molecular formula is C17H25ClN2O2. The first-order chi connectivity index (χ1) is 10.3. The van der Waals surface area contributed by atoms with Crippen molar-refractivity contribution in [3.63, 3.8) is 0 Å². The van der Waals surface area contributed by atoms with E-state index in [4.69, 9.17) is 4.74 Å². The minimum Gasteiger partial charge on any atom is -0.490 e. The number of piperidine rings is 2. The fraction of sp³-hybridized carbons (Fsp3) is 0.588. The monoisotopic (exact) mass is 324 g/mol. The molecule has 0 bridgehead atoms. The van der Waals surface area contributed by atoms with Crippen LogP contribution in [0, 0.1) is 0 Å². The summed E-state index contributed by atoms with van der Waals surface area (Å²) in [6, 6.07) is 9.99. The van der Waals surface area contributed by atoms with E-state index in [9.17, 15) is 4.79 Å². The number of nitrogens with one attached hydrogen (secondary N) is 1. The number of halogens is 1. The largest absolute Gasteiger partial charge is 0.490 e. The lowest BCUT2D eigenvalue weighted by atomic mass is 10.0. The Morgan fingerprint density at radius 3 is 2.45 bits per heavy atom. The molecule has 22 heavy (non-hydrogen) atoms. The summed E-state index contributed by atoms with van der Waals surface area (Å²) in [7, 11) is 0. The number of ether oxygens (including phenoxy) is 1. The molecule has 1 atom stereocenters. The standard InChI is InChI=1S/C17H24N2O2.ClH/c20-17(16-8-4-5-11-18-16)19-12-9-15(10-13-19)21-14-6-2-1-3-7-14;/h1-3,6-7,15-16,18H,4-5,8-13H2;1H. The Labute approximate surface area is 138 Å². The summed E-state index contributed by atoms with van der Waals surface area (Å²) in [5.41, 5.74) is 0. The molecule has 2 heterocycles. The number of likely N-dealkylation sites (tertiary alicyclic amines) is 1. The maximum Gasteiger partial charge on any atom is 0.239 e. The SMILES string of the molecule is Cl.O=C(C1CCCCN1)N1CCC(Oc2ccccc2)CC1. The van der Waals surface area contributed by atoms with Crippen LogP contribution >= 0.6 is 12.4 Å². The van der Waals surface area contributed by atoms with Crippen LogP contribution in [-0.2, 0) is 4.79 Å². The Hall–Kier alpha value is -1.26. The highest BCUT2D eigenvalue weighted by atomic mass is 35.5. The van der Waals surface area contributed by atoms with Gasteiger partial charge in [0, 0.05) is 25.9 Å². The lowest BCUT2D eigenvalue weighted by molar-refractivity contribution is -0.135. The van der Waals surface area contributed by atoms with Gasteiger partial charge < -0.3 is 15.0 Å². The molecule has 122 valence electrons. The van der Waals surface area contributed by atoms with Crippen LogP contribution in [-0.4, -0.2) is 42.6 Å². The van der Waals surface area contributed by atoms with E-state index in [0.717, 1.165) is 51.1 Å². The van der Waals surface area contributed by atoms with Gasteiger partial charge in [-0.1, -0.05) is 24.6 Å². The third-order valence-electron chi connectivity index (χ3n) is 4.41. The molecule has 0 aliphatic carbocycles. The van der Waals surface area contributed by atoms with E-state index >= 15 is 0 Å². The molecule has 1 unspecified atom stereocenters. The first-order valence-electron chi connectivity index (χ1n) is 8.07. The Morgan fingerprint density at radius 1 is 1.09 bits per heavy atom. The van der Waals surface area contributed by atoms with Crippen LogP contribution < -0.4 is 10.1 Å². The molecule has 2 aliphatic heterocycles. The van der Waals surface area contributed by atoms with Crippen molar-refractivity contribution in [2.24, 2.45) is 0 Å². The lowest BCUT2D eigenvalue weighted by Gasteiger charge is -2.35. The second-order valence-electron chi connectivity index (χ2n) is 5.96. The van der Waals surface area contributed by atoms with Crippen LogP contribution in [0.4, 0.5) is 0 Å². The third kappa shape index (κ3) is 4.37. The minimum absolute atomic E-state index is 0. The average molecular weight is 325 g/mol. The predicted octanol–water partition coefficient (Wildman–Crippen LogP) is 2.62. The van der Waals surface area contributed by atoms with Gasteiger partial charge in [0.25, 0.3) is 0 Å². The topological polar surface area (TPSA) is 41.6 Å². The van der Waals surface area contributed by atoms with E-state index in [1.54, 1.807) is 0 Å². The molecule has 2 fully saturated rings.